The summed E-state index contributed by atoms with van der Waals surface area (Å²) in [4.78, 5) is 11.9. The number of aliphatic hydroxyl groups excluding tert-OH is 1. The lowest BCUT2D eigenvalue weighted by atomic mass is 9.47. The summed E-state index contributed by atoms with van der Waals surface area (Å²) in [7, 11) is 0. The van der Waals surface area contributed by atoms with Gasteiger partial charge in [0, 0.05) is 18.3 Å². The van der Waals surface area contributed by atoms with E-state index in [2.05, 4.69) is 6.92 Å². The Labute approximate surface area is 156 Å². The lowest BCUT2D eigenvalue weighted by Gasteiger charge is -2.62. The number of hydrogen-bond acceptors (Lipinski definition) is 5. The second kappa shape index (κ2) is 6.18. The van der Waals surface area contributed by atoms with E-state index in [0.717, 1.165) is 32.1 Å². The number of carbonyl (C=O) groups is 1. The molecule has 148 valence electrons. The first kappa shape index (κ1) is 18.7. The summed E-state index contributed by atoms with van der Waals surface area (Å²) < 4.78 is 5.79. The van der Waals surface area contributed by atoms with Gasteiger partial charge in [-0.3, -0.25) is 4.79 Å². The second-order valence-electron chi connectivity index (χ2n) is 9.72. The van der Waals surface area contributed by atoms with Crippen molar-refractivity contribution in [2.24, 2.45) is 23.2 Å². The van der Waals surface area contributed by atoms with E-state index >= 15 is 0 Å². The van der Waals surface area contributed by atoms with Gasteiger partial charge in [-0.2, -0.15) is 0 Å². The van der Waals surface area contributed by atoms with Gasteiger partial charge in [-0.05, 0) is 69.1 Å². The lowest BCUT2D eigenvalue weighted by molar-refractivity contribution is -0.266. The van der Waals surface area contributed by atoms with Gasteiger partial charge in [-0.1, -0.05) is 13.8 Å². The number of rotatable bonds is 2. The molecule has 4 fully saturated rings. The fourth-order valence-electron chi connectivity index (χ4n) is 7.21. The van der Waals surface area contributed by atoms with Crippen molar-refractivity contribution in [1.82, 2.24) is 0 Å². The molecular weight excluding hydrogens is 332 g/mol. The van der Waals surface area contributed by atoms with Crippen LogP contribution in [0.1, 0.15) is 78.1 Å². The first-order valence-corrected chi connectivity index (χ1v) is 10.6. The average molecular weight is 366 g/mol. The monoisotopic (exact) mass is 366 g/mol. The van der Waals surface area contributed by atoms with Crippen LogP contribution in [0.4, 0.5) is 0 Å². The van der Waals surface area contributed by atoms with Gasteiger partial charge >= 0.3 is 5.97 Å². The zero-order valence-electron chi connectivity index (χ0n) is 16.1. The normalized spacial score (nSPS) is 53.3. The van der Waals surface area contributed by atoms with E-state index in [9.17, 15) is 20.1 Å². The molecule has 0 aromatic carbocycles. The molecule has 4 aliphatic rings. The van der Waals surface area contributed by atoms with E-state index in [1.54, 1.807) is 0 Å². The van der Waals surface area contributed by atoms with Gasteiger partial charge in [0.1, 0.15) is 6.10 Å². The zero-order valence-corrected chi connectivity index (χ0v) is 16.1. The molecule has 0 amide bonds. The van der Waals surface area contributed by atoms with Crippen molar-refractivity contribution >= 4 is 5.97 Å². The Bertz CT molecular complexity index is 579. The minimum Gasteiger partial charge on any atom is -0.462 e. The highest BCUT2D eigenvalue weighted by Crippen LogP contribution is 2.64. The van der Waals surface area contributed by atoms with Crippen molar-refractivity contribution in [1.29, 1.82) is 0 Å². The maximum atomic E-state index is 11.9. The van der Waals surface area contributed by atoms with Crippen molar-refractivity contribution in [3.63, 3.8) is 0 Å². The molecule has 4 rings (SSSR count). The van der Waals surface area contributed by atoms with E-state index in [0.29, 0.717) is 43.9 Å². The Kier molecular flexibility index (Phi) is 4.44. The Balaban J connectivity index is 1.58. The van der Waals surface area contributed by atoms with Crippen LogP contribution in [-0.4, -0.2) is 44.7 Å². The molecule has 0 aliphatic heterocycles. The Morgan fingerprint density at radius 2 is 1.81 bits per heavy atom. The standard InChI is InChI=1S/C21H34O5/c1-3-18(23)26-17-5-4-15-14-7-10-20(24)12-13(22)6-11-21(20,25)16(14)8-9-19(15,17)2/h13-17,22,24-25H,3-12H2,1-2H3. The highest BCUT2D eigenvalue weighted by Gasteiger charge is 2.66. The predicted octanol–water partition coefficient (Wildman–Crippen LogP) is 2.55. The highest BCUT2D eigenvalue weighted by atomic mass is 16.5. The summed E-state index contributed by atoms with van der Waals surface area (Å²) in [6.07, 6.45) is 6.47. The van der Waals surface area contributed by atoms with Gasteiger partial charge in [-0.25, -0.2) is 0 Å². The first-order chi connectivity index (χ1) is 12.2. The predicted molar refractivity (Wildman–Crippen MR) is 96.2 cm³/mol. The van der Waals surface area contributed by atoms with E-state index in [4.69, 9.17) is 4.74 Å². The smallest absolute Gasteiger partial charge is 0.305 e. The minimum atomic E-state index is -1.15. The quantitative estimate of drug-likeness (QED) is 0.654. The molecule has 3 N–H and O–H groups in total. The SMILES string of the molecule is CCC(=O)OC1CCC2C3CCC4(O)CC(O)CCC4(O)C3CCC12C. The summed E-state index contributed by atoms with van der Waals surface area (Å²) in [5.74, 6) is 0.792. The number of carbonyl (C=O) groups excluding carboxylic acids is 1. The van der Waals surface area contributed by atoms with Crippen LogP contribution in [0.15, 0.2) is 0 Å². The van der Waals surface area contributed by atoms with Gasteiger partial charge in [-0.15, -0.1) is 0 Å². The average Bonchev–Trinajstić information content (AvgIpc) is 2.92. The molecule has 4 saturated carbocycles. The van der Waals surface area contributed by atoms with Gasteiger partial charge in [0.2, 0.25) is 0 Å². The molecule has 8 atom stereocenters. The third-order valence-corrected chi connectivity index (χ3v) is 8.66. The number of hydrogen-bond donors (Lipinski definition) is 3. The highest BCUT2D eigenvalue weighted by molar-refractivity contribution is 5.69. The Morgan fingerprint density at radius 3 is 2.54 bits per heavy atom. The zero-order chi connectivity index (χ0) is 18.7. The maximum absolute atomic E-state index is 11.9. The van der Waals surface area contributed by atoms with Crippen LogP contribution in [0.2, 0.25) is 0 Å². The summed E-state index contributed by atoms with van der Waals surface area (Å²) >= 11 is 0. The van der Waals surface area contributed by atoms with Crippen molar-refractivity contribution in [3.05, 3.63) is 0 Å². The number of aliphatic hydroxyl groups is 3. The van der Waals surface area contributed by atoms with E-state index < -0.39 is 17.3 Å². The fourth-order valence-corrected chi connectivity index (χ4v) is 7.21. The number of esters is 1. The summed E-state index contributed by atoms with van der Waals surface area (Å²) in [5.41, 5.74) is -2.23. The van der Waals surface area contributed by atoms with Crippen molar-refractivity contribution < 1.29 is 24.9 Å². The van der Waals surface area contributed by atoms with Crippen molar-refractivity contribution in [2.45, 2.75) is 101 Å². The molecular formula is C21H34O5. The van der Waals surface area contributed by atoms with E-state index in [1.807, 2.05) is 6.92 Å². The third kappa shape index (κ3) is 2.50. The van der Waals surface area contributed by atoms with Crippen LogP contribution < -0.4 is 0 Å². The fraction of sp³-hybridized carbons (Fsp3) is 0.952. The Hall–Kier alpha value is -0.650. The molecule has 0 bridgehead atoms. The molecule has 0 radical (unpaired) electrons. The molecule has 0 aromatic rings. The minimum absolute atomic E-state index is 0.00794. The lowest BCUT2D eigenvalue weighted by Crippen LogP contribution is -2.68. The molecule has 4 aliphatic carbocycles. The van der Waals surface area contributed by atoms with Crippen LogP contribution in [0.25, 0.3) is 0 Å². The molecule has 0 spiro atoms. The molecule has 26 heavy (non-hydrogen) atoms. The van der Waals surface area contributed by atoms with Crippen molar-refractivity contribution in [2.75, 3.05) is 0 Å². The number of fused-ring (bicyclic) bond motifs is 5. The van der Waals surface area contributed by atoms with Crippen LogP contribution >= 0.6 is 0 Å². The van der Waals surface area contributed by atoms with Crippen LogP contribution in [-0.2, 0) is 9.53 Å². The summed E-state index contributed by atoms with van der Waals surface area (Å²) in [6, 6.07) is 0. The maximum Gasteiger partial charge on any atom is 0.305 e. The van der Waals surface area contributed by atoms with Gasteiger partial charge in [0.05, 0.1) is 17.3 Å². The van der Waals surface area contributed by atoms with Gasteiger partial charge in [0.15, 0.2) is 0 Å². The second-order valence-corrected chi connectivity index (χ2v) is 9.72. The number of ether oxygens (including phenoxy) is 1. The molecule has 8 unspecified atom stereocenters. The van der Waals surface area contributed by atoms with E-state index in [1.165, 1.54) is 0 Å². The van der Waals surface area contributed by atoms with Crippen LogP contribution in [0.3, 0.4) is 0 Å². The molecule has 0 saturated heterocycles. The first-order valence-electron chi connectivity index (χ1n) is 10.6. The van der Waals surface area contributed by atoms with Crippen molar-refractivity contribution in [3.8, 4) is 0 Å². The summed E-state index contributed by atoms with van der Waals surface area (Å²) in [5, 5.41) is 32.8. The Morgan fingerprint density at radius 1 is 1.04 bits per heavy atom. The third-order valence-electron chi connectivity index (χ3n) is 8.66. The van der Waals surface area contributed by atoms with Crippen LogP contribution in [0.5, 0.6) is 0 Å². The molecule has 5 heteroatoms. The molecule has 5 nitrogen and oxygen atoms in total. The van der Waals surface area contributed by atoms with Crippen LogP contribution in [0, 0.1) is 23.2 Å². The molecule has 0 aromatic heterocycles. The van der Waals surface area contributed by atoms with E-state index in [-0.39, 0.29) is 23.4 Å². The molecule has 0 heterocycles. The summed E-state index contributed by atoms with van der Waals surface area (Å²) in [6.45, 7) is 4.10. The largest absolute Gasteiger partial charge is 0.462 e. The van der Waals surface area contributed by atoms with Gasteiger partial charge < -0.3 is 20.1 Å². The van der Waals surface area contributed by atoms with Gasteiger partial charge in [0.25, 0.3) is 0 Å². The topological polar surface area (TPSA) is 87.0 Å².